The van der Waals surface area contributed by atoms with Gasteiger partial charge in [-0.3, -0.25) is 4.79 Å². The average Bonchev–Trinajstić information content (AvgIpc) is 3.39. The van der Waals surface area contributed by atoms with Crippen molar-refractivity contribution in [3.63, 3.8) is 0 Å². The van der Waals surface area contributed by atoms with E-state index in [1.165, 1.54) is 0 Å². The molecular weight excluding hydrogens is 392 g/mol. The summed E-state index contributed by atoms with van der Waals surface area (Å²) in [5, 5.41) is 0.385. The molecule has 2 aliphatic rings. The largest absolute Gasteiger partial charge is 0.454 e. The maximum Gasteiger partial charge on any atom is 0.254 e. The highest BCUT2D eigenvalue weighted by molar-refractivity contribution is 6.32. The van der Waals surface area contributed by atoms with Gasteiger partial charge in [0.2, 0.25) is 6.79 Å². The Bertz CT molecular complexity index is 879. The van der Waals surface area contributed by atoms with Crippen molar-refractivity contribution < 1.29 is 19.0 Å². The fourth-order valence-corrected chi connectivity index (χ4v) is 3.91. The molecule has 0 aliphatic carbocycles. The highest BCUT2D eigenvalue weighted by Crippen LogP contribution is 2.40. The number of amides is 1. The SMILES string of the molecule is CN(C)c1ccc(CN(C[C@@H]2CCCO2)C(=O)c2cc(Cl)c3c(c2)OCO3)cc1. The van der Waals surface area contributed by atoms with Gasteiger partial charge >= 0.3 is 0 Å². The molecule has 1 amide bonds. The molecule has 0 bridgehead atoms. The lowest BCUT2D eigenvalue weighted by molar-refractivity contribution is 0.0507. The molecule has 2 aromatic rings. The van der Waals surface area contributed by atoms with Gasteiger partial charge in [-0.25, -0.2) is 0 Å². The van der Waals surface area contributed by atoms with Gasteiger partial charge in [0.15, 0.2) is 11.5 Å². The van der Waals surface area contributed by atoms with E-state index in [-0.39, 0.29) is 18.8 Å². The fourth-order valence-electron chi connectivity index (χ4n) is 3.65. The lowest BCUT2D eigenvalue weighted by Gasteiger charge is -2.26. The van der Waals surface area contributed by atoms with E-state index >= 15 is 0 Å². The van der Waals surface area contributed by atoms with Crippen LogP contribution in [0.5, 0.6) is 11.5 Å². The number of anilines is 1. The van der Waals surface area contributed by atoms with Crippen LogP contribution in [0.3, 0.4) is 0 Å². The van der Waals surface area contributed by atoms with E-state index in [4.69, 9.17) is 25.8 Å². The summed E-state index contributed by atoms with van der Waals surface area (Å²) >= 11 is 6.30. The van der Waals surface area contributed by atoms with E-state index in [0.29, 0.717) is 35.2 Å². The van der Waals surface area contributed by atoms with Crippen molar-refractivity contribution in [3.8, 4) is 11.5 Å². The molecule has 7 heteroatoms. The molecule has 0 unspecified atom stereocenters. The number of carbonyl (C=O) groups is 1. The second kappa shape index (κ2) is 8.51. The van der Waals surface area contributed by atoms with Crippen LogP contribution in [0.1, 0.15) is 28.8 Å². The van der Waals surface area contributed by atoms with Gasteiger partial charge in [-0.15, -0.1) is 0 Å². The van der Waals surface area contributed by atoms with Crippen molar-refractivity contribution in [2.24, 2.45) is 0 Å². The number of halogens is 1. The molecule has 1 fully saturated rings. The first-order valence-corrected chi connectivity index (χ1v) is 10.2. The molecule has 0 N–H and O–H groups in total. The number of ether oxygens (including phenoxy) is 3. The Morgan fingerprint density at radius 1 is 1.17 bits per heavy atom. The Balaban J connectivity index is 1.57. The Kier molecular flexibility index (Phi) is 5.83. The van der Waals surface area contributed by atoms with Crippen molar-refractivity contribution in [2.45, 2.75) is 25.5 Å². The van der Waals surface area contributed by atoms with Crippen molar-refractivity contribution in [2.75, 3.05) is 38.9 Å². The first-order valence-electron chi connectivity index (χ1n) is 9.77. The topological polar surface area (TPSA) is 51.2 Å². The van der Waals surface area contributed by atoms with E-state index in [2.05, 4.69) is 24.3 Å². The molecule has 2 heterocycles. The Hall–Kier alpha value is -2.44. The van der Waals surface area contributed by atoms with Crippen LogP contribution in [0.25, 0.3) is 0 Å². The molecule has 0 saturated carbocycles. The number of fused-ring (bicyclic) bond motifs is 1. The van der Waals surface area contributed by atoms with Gasteiger partial charge in [0.1, 0.15) is 0 Å². The monoisotopic (exact) mass is 416 g/mol. The van der Waals surface area contributed by atoms with Crippen molar-refractivity contribution in [1.82, 2.24) is 4.90 Å². The molecule has 154 valence electrons. The number of hydrogen-bond donors (Lipinski definition) is 0. The van der Waals surface area contributed by atoms with Crippen LogP contribution in [-0.4, -0.2) is 51.0 Å². The lowest BCUT2D eigenvalue weighted by atomic mass is 10.1. The summed E-state index contributed by atoms with van der Waals surface area (Å²) in [6.45, 7) is 1.91. The lowest BCUT2D eigenvalue weighted by Crippen LogP contribution is -2.37. The first-order chi connectivity index (χ1) is 14.0. The van der Waals surface area contributed by atoms with Crippen LogP contribution >= 0.6 is 11.6 Å². The predicted octanol–water partition coefficient (Wildman–Crippen LogP) is 3.96. The van der Waals surface area contributed by atoms with Crippen LogP contribution in [0.15, 0.2) is 36.4 Å². The summed E-state index contributed by atoms with van der Waals surface area (Å²) in [6, 6.07) is 11.6. The highest BCUT2D eigenvalue weighted by atomic mass is 35.5. The normalized spacial score (nSPS) is 17.4. The van der Waals surface area contributed by atoms with Gasteiger partial charge in [-0.05, 0) is 42.7 Å². The summed E-state index contributed by atoms with van der Waals surface area (Å²) < 4.78 is 16.6. The zero-order valence-corrected chi connectivity index (χ0v) is 17.4. The van der Waals surface area contributed by atoms with Gasteiger partial charge in [-0.2, -0.15) is 0 Å². The molecule has 2 aromatic carbocycles. The third kappa shape index (κ3) is 4.43. The molecule has 1 atom stereocenters. The standard InChI is InChI=1S/C22H25ClN2O4/c1-24(2)17-7-5-15(6-8-17)12-25(13-18-4-3-9-27-18)22(26)16-10-19(23)21-20(11-16)28-14-29-21/h5-8,10-11,18H,3-4,9,12-14H2,1-2H3/t18-/m0/s1. The van der Waals surface area contributed by atoms with Crippen LogP contribution < -0.4 is 14.4 Å². The third-order valence-corrected chi connectivity index (χ3v) is 5.52. The van der Waals surface area contributed by atoms with E-state index < -0.39 is 0 Å². The average molecular weight is 417 g/mol. The van der Waals surface area contributed by atoms with E-state index in [1.807, 2.05) is 23.9 Å². The summed E-state index contributed by atoms with van der Waals surface area (Å²) in [6.07, 6.45) is 2.05. The van der Waals surface area contributed by atoms with E-state index in [9.17, 15) is 4.79 Å². The number of hydrogen-bond acceptors (Lipinski definition) is 5. The minimum atomic E-state index is -0.0996. The summed E-state index contributed by atoms with van der Waals surface area (Å²) in [5.74, 6) is 0.902. The second-order valence-corrected chi connectivity index (χ2v) is 7.98. The molecular formula is C22H25ClN2O4. The molecule has 29 heavy (non-hydrogen) atoms. The maximum atomic E-state index is 13.4. The minimum absolute atomic E-state index is 0.0597. The van der Waals surface area contributed by atoms with Crippen LogP contribution in [-0.2, 0) is 11.3 Å². The number of carbonyl (C=O) groups excluding carboxylic acids is 1. The summed E-state index contributed by atoms with van der Waals surface area (Å²) in [4.78, 5) is 17.2. The maximum absolute atomic E-state index is 13.4. The first kappa shape index (κ1) is 19.9. The highest BCUT2D eigenvalue weighted by Gasteiger charge is 2.26. The minimum Gasteiger partial charge on any atom is -0.454 e. The van der Waals surface area contributed by atoms with Crippen LogP contribution in [0, 0.1) is 0 Å². The predicted molar refractivity (Wildman–Crippen MR) is 112 cm³/mol. The zero-order chi connectivity index (χ0) is 20.4. The molecule has 0 radical (unpaired) electrons. The molecule has 0 aromatic heterocycles. The molecule has 1 saturated heterocycles. The van der Waals surface area contributed by atoms with Crippen molar-refractivity contribution in [3.05, 3.63) is 52.5 Å². The van der Waals surface area contributed by atoms with Crippen molar-refractivity contribution in [1.29, 1.82) is 0 Å². The summed E-state index contributed by atoms with van der Waals surface area (Å²) in [5.41, 5.74) is 2.67. The Labute approximate surface area is 175 Å². The van der Waals surface area contributed by atoms with E-state index in [0.717, 1.165) is 30.7 Å². The van der Waals surface area contributed by atoms with Gasteiger partial charge < -0.3 is 24.0 Å². The third-order valence-electron chi connectivity index (χ3n) is 5.24. The number of rotatable bonds is 6. The van der Waals surface area contributed by atoms with Gasteiger partial charge in [0.05, 0.1) is 11.1 Å². The Morgan fingerprint density at radius 3 is 2.66 bits per heavy atom. The summed E-state index contributed by atoms with van der Waals surface area (Å²) in [7, 11) is 4.01. The van der Waals surface area contributed by atoms with Crippen molar-refractivity contribution >= 4 is 23.2 Å². The molecule has 4 rings (SSSR count). The number of nitrogens with zero attached hydrogens (tertiary/aromatic N) is 2. The van der Waals surface area contributed by atoms with Crippen LogP contribution in [0.4, 0.5) is 5.69 Å². The molecule has 2 aliphatic heterocycles. The molecule has 6 nitrogen and oxygen atoms in total. The van der Waals surface area contributed by atoms with Gasteiger partial charge in [0, 0.05) is 45.0 Å². The van der Waals surface area contributed by atoms with Crippen LogP contribution in [0.2, 0.25) is 5.02 Å². The van der Waals surface area contributed by atoms with Gasteiger partial charge in [-0.1, -0.05) is 23.7 Å². The fraction of sp³-hybridized carbons (Fsp3) is 0.409. The Morgan fingerprint density at radius 2 is 1.97 bits per heavy atom. The second-order valence-electron chi connectivity index (χ2n) is 7.57. The quantitative estimate of drug-likeness (QED) is 0.713. The number of benzene rings is 2. The molecule has 0 spiro atoms. The van der Waals surface area contributed by atoms with E-state index in [1.54, 1.807) is 12.1 Å². The van der Waals surface area contributed by atoms with Gasteiger partial charge in [0.25, 0.3) is 5.91 Å². The zero-order valence-electron chi connectivity index (χ0n) is 16.7. The smallest absolute Gasteiger partial charge is 0.254 e.